The van der Waals surface area contributed by atoms with Crippen molar-refractivity contribution in [3.63, 3.8) is 0 Å². The van der Waals surface area contributed by atoms with Crippen LogP contribution < -0.4 is 5.32 Å². The number of carbonyl (C=O) groups is 2. The number of rotatable bonds is 17. The van der Waals surface area contributed by atoms with Crippen molar-refractivity contribution in [3.05, 3.63) is 22.8 Å². The van der Waals surface area contributed by atoms with E-state index in [9.17, 15) is 60.7 Å². The van der Waals surface area contributed by atoms with Crippen LogP contribution in [0.25, 0.3) is 0 Å². The second-order valence-electron chi connectivity index (χ2n) is 25.2. The predicted octanol–water partition coefficient (Wildman–Crippen LogP) is 1.33. The number of aliphatic hydroxyl groups is 10. The van der Waals surface area contributed by atoms with Crippen molar-refractivity contribution in [3.8, 4) is 0 Å². The fourth-order valence-corrected chi connectivity index (χ4v) is 15.4. The summed E-state index contributed by atoms with van der Waals surface area (Å²) >= 11 is 0. The molecule has 454 valence electrons. The molecule has 22 nitrogen and oxygen atoms in total. The first-order valence-electron chi connectivity index (χ1n) is 28.8. The van der Waals surface area contributed by atoms with E-state index in [0.29, 0.717) is 31.1 Å². The van der Waals surface area contributed by atoms with Crippen molar-refractivity contribution in [1.82, 2.24) is 5.32 Å². The minimum atomic E-state index is -1.78. The normalized spacial score (nSPS) is 45.2. The first-order valence-corrected chi connectivity index (χ1v) is 28.8. The third-order valence-corrected chi connectivity index (χ3v) is 19.7. The van der Waals surface area contributed by atoms with E-state index in [1.807, 2.05) is 6.92 Å². The van der Waals surface area contributed by atoms with Gasteiger partial charge in [0.05, 0.1) is 50.6 Å². The number of carbonyl (C=O) groups excluding carboxylic acids is 1. The third kappa shape index (κ3) is 12.6. The molecule has 4 saturated heterocycles. The van der Waals surface area contributed by atoms with Crippen molar-refractivity contribution in [2.45, 2.75) is 243 Å². The molecule has 0 spiro atoms. The first-order chi connectivity index (χ1) is 37.2. The molecule has 2 saturated carbocycles. The number of carboxylic acids is 1. The summed E-state index contributed by atoms with van der Waals surface area (Å²) in [5, 5.41) is 116. The van der Waals surface area contributed by atoms with Gasteiger partial charge in [-0.15, -0.1) is 0 Å². The van der Waals surface area contributed by atoms with Crippen LogP contribution in [0.3, 0.4) is 0 Å². The summed E-state index contributed by atoms with van der Waals surface area (Å²) < 4.78 is 47.8. The molecule has 12 N–H and O–H groups in total. The maximum atomic E-state index is 13.8. The van der Waals surface area contributed by atoms with Crippen molar-refractivity contribution >= 4 is 11.9 Å². The average molecular weight is 1130 g/mol. The van der Waals surface area contributed by atoms with E-state index in [1.165, 1.54) is 23.6 Å². The van der Waals surface area contributed by atoms with Crippen LogP contribution >= 0.6 is 0 Å². The van der Waals surface area contributed by atoms with Crippen LogP contribution in [0.4, 0.5) is 0 Å². The second kappa shape index (κ2) is 26.3. The molecule has 4 aliphatic heterocycles. The highest BCUT2D eigenvalue weighted by atomic mass is 16.8. The van der Waals surface area contributed by atoms with Crippen LogP contribution in [0.5, 0.6) is 0 Å². The van der Waals surface area contributed by atoms with E-state index in [0.717, 1.165) is 51.4 Å². The summed E-state index contributed by atoms with van der Waals surface area (Å²) in [4.78, 5) is 24.5. The summed E-state index contributed by atoms with van der Waals surface area (Å²) in [5.74, 6) is 0.0131. The Labute approximate surface area is 464 Å². The zero-order chi connectivity index (χ0) is 58.1. The molecular formula is C57H95NO21. The van der Waals surface area contributed by atoms with Gasteiger partial charge in [0.15, 0.2) is 18.9 Å². The molecule has 20 unspecified atom stereocenters. The van der Waals surface area contributed by atoms with Gasteiger partial charge in [0, 0.05) is 13.5 Å². The monoisotopic (exact) mass is 1130 g/mol. The van der Waals surface area contributed by atoms with Gasteiger partial charge in [0.25, 0.3) is 0 Å². The summed E-state index contributed by atoms with van der Waals surface area (Å²) in [7, 11) is 0. The van der Waals surface area contributed by atoms with Crippen LogP contribution in [0, 0.1) is 39.4 Å². The first kappa shape index (κ1) is 64.3. The molecule has 0 bridgehead atoms. The standard InChI is InChI=1S/C49H80O16.C8H15NO5/c1-9-21-59-41-40(65-42-38(56)39(30(51)23-60-42)64-43-37(55)36(54)35(53)32(22-50)62-43)31(52)24-61-44(41)63-34-17-18-47(7)28-15-19-48(8)27(26(4)12-10-11-25(2)3)16-20-49(48,45(57)58)29(28)13-14-33(47)46(34,5)6;1-4(11)9-5-3-14-6(2-10)8(13)7(5)12/h11,26-27,30-44,50-56H,9-10,12-24H2,1-8H3,(H,57,58);5-8,10,12-13H,2-3H2,1H3,(H,9,11)/t26-,27+,30?,31?,32?,33?,34?,35?,36?,37?,38?,39?,40?,41?,42?,43?,44?,47+,48+,49?;/m0./s1. The van der Waals surface area contributed by atoms with E-state index < -0.39 is 122 Å². The molecule has 79 heavy (non-hydrogen) atoms. The molecule has 6 fully saturated rings. The minimum absolute atomic E-state index is 0.0863. The number of hydrogen-bond acceptors (Lipinski definition) is 20. The van der Waals surface area contributed by atoms with Crippen LogP contribution in [0.2, 0.25) is 0 Å². The van der Waals surface area contributed by atoms with Gasteiger partial charge in [-0.3, -0.25) is 9.59 Å². The molecule has 22 heteroatoms. The average Bonchev–Trinajstić information content (AvgIpc) is 3.12. The zero-order valence-electron chi connectivity index (χ0n) is 47.7. The molecule has 8 rings (SSSR count). The molecule has 0 radical (unpaired) electrons. The Morgan fingerprint density at radius 3 is 1.97 bits per heavy atom. The smallest absolute Gasteiger partial charge is 0.314 e. The van der Waals surface area contributed by atoms with Gasteiger partial charge >= 0.3 is 5.97 Å². The molecule has 0 aromatic rings. The van der Waals surface area contributed by atoms with Crippen LogP contribution in [0.15, 0.2) is 22.8 Å². The molecule has 8 aliphatic rings. The molecule has 0 aromatic heterocycles. The van der Waals surface area contributed by atoms with Crippen LogP contribution in [-0.2, 0) is 47.5 Å². The number of carboxylic acid groups (broad SMARTS) is 1. The summed E-state index contributed by atoms with van der Waals surface area (Å²) in [6.45, 7) is 17.8. The quantitative estimate of drug-likeness (QED) is 0.0914. The van der Waals surface area contributed by atoms with Gasteiger partial charge in [-0.25, -0.2) is 0 Å². The van der Waals surface area contributed by atoms with E-state index in [4.69, 9.17) is 43.0 Å². The Hall–Kier alpha value is -2.30. The lowest BCUT2D eigenvalue weighted by Crippen LogP contribution is -2.64. The van der Waals surface area contributed by atoms with E-state index in [2.05, 4.69) is 59.9 Å². The summed E-state index contributed by atoms with van der Waals surface area (Å²) in [6.07, 6.45) is -10.3. The summed E-state index contributed by atoms with van der Waals surface area (Å²) in [6, 6.07) is -0.620. The Morgan fingerprint density at radius 2 is 1.34 bits per heavy atom. The van der Waals surface area contributed by atoms with Gasteiger partial charge in [0.2, 0.25) is 5.91 Å². The van der Waals surface area contributed by atoms with Crippen molar-refractivity contribution in [2.24, 2.45) is 39.4 Å². The lowest BCUT2D eigenvalue weighted by atomic mass is 9.43. The highest BCUT2D eigenvalue weighted by Gasteiger charge is 2.69. The molecule has 0 aromatic carbocycles. The molecular weight excluding hydrogens is 1030 g/mol. The number of nitrogens with one attached hydrogen (secondary N) is 1. The lowest BCUT2D eigenvalue weighted by molar-refractivity contribution is -0.369. The number of allylic oxidation sites excluding steroid dienone is 3. The second-order valence-corrected chi connectivity index (χ2v) is 25.2. The van der Waals surface area contributed by atoms with E-state index in [1.54, 1.807) is 0 Å². The zero-order valence-corrected chi connectivity index (χ0v) is 47.7. The molecule has 24 atom stereocenters. The van der Waals surface area contributed by atoms with Crippen LogP contribution in [0.1, 0.15) is 133 Å². The van der Waals surface area contributed by atoms with Crippen molar-refractivity contribution in [2.75, 3.05) is 39.6 Å². The Morgan fingerprint density at radius 1 is 0.696 bits per heavy atom. The number of ether oxygens (including phenoxy) is 8. The lowest BCUT2D eigenvalue weighted by Gasteiger charge is -2.62. The van der Waals surface area contributed by atoms with E-state index >= 15 is 0 Å². The Kier molecular flexibility index (Phi) is 21.4. The maximum Gasteiger partial charge on any atom is 0.314 e. The Bertz CT molecular complexity index is 2110. The van der Waals surface area contributed by atoms with Crippen molar-refractivity contribution in [1.29, 1.82) is 0 Å². The number of aliphatic hydroxyl groups excluding tert-OH is 10. The van der Waals surface area contributed by atoms with Gasteiger partial charge in [-0.1, -0.05) is 64.3 Å². The highest BCUT2D eigenvalue weighted by molar-refractivity contribution is 5.82. The van der Waals surface area contributed by atoms with Crippen LogP contribution in [-0.4, -0.2) is 218 Å². The SMILES string of the molecule is CC(=O)NC1COC(CO)C(O)C1O.CCCOC1C(OC2CC[C@]3(C)C4=C(CCC3C2(C)C)C2(C(=O)O)CC[C@H]([C@@H](C)CCC=C(C)C)[C@@]2(C)CC4)OCC(O)C1OC1OCC(O)C(OC2OC(CO)C(O)C(O)C2O)C1O. The minimum Gasteiger partial charge on any atom is -0.481 e. The number of amides is 1. The van der Waals surface area contributed by atoms with E-state index in [-0.39, 0.29) is 67.2 Å². The van der Waals surface area contributed by atoms with Gasteiger partial charge < -0.3 is 99.4 Å². The van der Waals surface area contributed by atoms with Gasteiger partial charge in [-0.2, -0.15) is 0 Å². The fraction of sp³-hybridized carbons (Fsp3) is 0.895. The molecule has 1 amide bonds. The maximum absolute atomic E-state index is 13.8. The topological polar surface area (TPSA) is 343 Å². The third-order valence-electron chi connectivity index (χ3n) is 19.7. The summed E-state index contributed by atoms with van der Waals surface area (Å²) in [5.41, 5.74) is 2.11. The number of aliphatic carboxylic acids is 1. The predicted molar refractivity (Wildman–Crippen MR) is 281 cm³/mol. The van der Waals surface area contributed by atoms with Crippen molar-refractivity contribution < 1.29 is 104 Å². The fourth-order valence-electron chi connectivity index (χ4n) is 15.4. The van der Waals surface area contributed by atoms with Gasteiger partial charge in [0.1, 0.15) is 79.4 Å². The number of hydrogen-bond donors (Lipinski definition) is 12. The largest absolute Gasteiger partial charge is 0.481 e. The molecule has 4 heterocycles. The molecule has 4 aliphatic carbocycles. The number of fused-ring (bicyclic) bond motifs is 4. The van der Waals surface area contributed by atoms with Gasteiger partial charge in [-0.05, 0) is 118 Å². The highest BCUT2D eigenvalue weighted by Crippen LogP contribution is 2.73. The Balaban J connectivity index is 0.000000562.